The maximum Gasteiger partial charge on any atom is 3.00 e. The largest absolute Gasteiger partial charge is 3.00 e. The van der Waals surface area contributed by atoms with Gasteiger partial charge in [-0.25, -0.2) is 13.2 Å². The van der Waals surface area contributed by atoms with Crippen molar-refractivity contribution in [2.24, 2.45) is 15.3 Å². The van der Waals surface area contributed by atoms with Crippen molar-refractivity contribution in [3.8, 4) is 0 Å². The molecule has 0 bridgehead atoms. The molecule has 19 heteroatoms. The van der Waals surface area contributed by atoms with Crippen LogP contribution in [0.4, 0.5) is 30.2 Å². The SMILES string of the molecule is Cc1cccc(C)c1N1C=NNC1(C(=O)[O-])c1ccc(F)cc1.Cc1cccc(C)c1N1C=NNC1(C(=O)[O-])c1ccc(F)cc1.Cc1cccc(C)c1N1C=NNC1(C(=O)[O-])c1ccc(F)cc1.[Ir+3]. The van der Waals surface area contributed by atoms with Gasteiger partial charge in [-0.1, -0.05) is 91.0 Å². The zero-order chi connectivity index (χ0) is 49.8. The number of rotatable bonds is 9. The minimum absolute atomic E-state index is 0. The predicted molar refractivity (Wildman–Crippen MR) is 249 cm³/mol. The molecule has 3 heterocycles. The Morgan fingerprint density at radius 3 is 0.786 bits per heavy atom. The van der Waals surface area contributed by atoms with E-state index < -0.39 is 52.3 Å². The fourth-order valence-corrected chi connectivity index (χ4v) is 8.66. The molecule has 3 atom stereocenters. The second kappa shape index (κ2) is 20.7. The maximum absolute atomic E-state index is 13.2. The standard InChI is InChI=1S/3C17H16FN3O2.Ir/c3*1-11-4-3-5-12(2)15(11)21-10-19-20-17(21,16(22)23)13-6-8-14(18)9-7-13;/h3*3-10,20H,1-2H3,(H,22,23);/q;;;+3/p-3. The van der Waals surface area contributed by atoms with Crippen LogP contribution in [0, 0.1) is 59.0 Å². The number of carbonyl (C=O) groups is 3. The maximum atomic E-state index is 13.2. The molecule has 0 aromatic heterocycles. The Kier molecular flexibility index (Phi) is 15.2. The number of nitrogens with one attached hydrogen (secondary N) is 3. The molecule has 9 rings (SSSR count). The number of halogens is 3. The van der Waals surface area contributed by atoms with Crippen LogP contribution in [-0.4, -0.2) is 36.9 Å². The molecule has 3 unspecified atom stereocenters. The van der Waals surface area contributed by atoms with Gasteiger partial charge < -0.3 is 29.7 Å². The van der Waals surface area contributed by atoms with Gasteiger partial charge in [-0.15, -0.1) is 0 Å². The van der Waals surface area contributed by atoms with Crippen LogP contribution in [0.15, 0.2) is 143 Å². The first-order valence-corrected chi connectivity index (χ1v) is 21.3. The van der Waals surface area contributed by atoms with Crippen molar-refractivity contribution in [3.63, 3.8) is 0 Å². The molecule has 360 valence electrons. The number of hydrazone groups is 3. The van der Waals surface area contributed by atoms with Gasteiger partial charge in [-0.3, -0.25) is 31.0 Å². The van der Waals surface area contributed by atoms with E-state index in [1.165, 1.54) is 107 Å². The molecule has 0 radical (unpaired) electrons. The average Bonchev–Trinajstić information content (AvgIpc) is 4.07. The fraction of sp³-hybridized carbons (Fsp3) is 0.176. The molecular formula is C51H45F3IrN9O6. The summed E-state index contributed by atoms with van der Waals surface area (Å²) < 4.78 is 39.7. The van der Waals surface area contributed by atoms with Gasteiger partial charge in [0.15, 0.2) is 17.0 Å². The van der Waals surface area contributed by atoms with Gasteiger partial charge in [0.1, 0.15) is 36.5 Å². The van der Waals surface area contributed by atoms with Crippen molar-refractivity contribution in [1.29, 1.82) is 0 Å². The van der Waals surface area contributed by atoms with E-state index in [9.17, 15) is 42.9 Å². The first-order chi connectivity index (χ1) is 32.9. The number of nitrogens with zero attached hydrogens (tertiary/aromatic N) is 6. The average molecular weight is 1130 g/mol. The number of carbonyl (C=O) groups excluding carboxylic acids is 3. The van der Waals surface area contributed by atoms with E-state index in [1.807, 2.05) is 96.1 Å². The summed E-state index contributed by atoms with van der Waals surface area (Å²) in [7, 11) is 0. The van der Waals surface area contributed by atoms with Gasteiger partial charge in [0.25, 0.3) is 0 Å². The topological polar surface area (TPSA) is 203 Å². The second-order valence-electron chi connectivity index (χ2n) is 16.4. The van der Waals surface area contributed by atoms with Crippen LogP contribution in [-0.2, 0) is 51.5 Å². The number of benzene rings is 6. The molecule has 0 fully saturated rings. The van der Waals surface area contributed by atoms with Gasteiger partial charge in [0, 0.05) is 16.7 Å². The molecule has 70 heavy (non-hydrogen) atoms. The summed E-state index contributed by atoms with van der Waals surface area (Å²) in [5, 5.41) is 47.9. The van der Waals surface area contributed by atoms with Crippen molar-refractivity contribution in [3.05, 3.63) is 195 Å². The third-order valence-electron chi connectivity index (χ3n) is 12.0. The number of carboxylic acids is 3. The van der Waals surface area contributed by atoms with Crippen LogP contribution >= 0.6 is 0 Å². The molecule has 0 amide bonds. The van der Waals surface area contributed by atoms with Crippen molar-refractivity contribution in [2.45, 2.75) is 58.5 Å². The van der Waals surface area contributed by atoms with Crippen molar-refractivity contribution >= 4 is 54.0 Å². The zero-order valence-corrected chi connectivity index (χ0v) is 40.9. The number of carboxylic acid groups (broad SMARTS) is 3. The van der Waals surface area contributed by atoms with E-state index in [0.717, 1.165) is 50.4 Å². The van der Waals surface area contributed by atoms with Crippen LogP contribution in [0.3, 0.4) is 0 Å². The summed E-state index contributed by atoms with van der Waals surface area (Å²) in [5.41, 5.74) is 11.2. The Bertz CT molecular complexity index is 2630. The summed E-state index contributed by atoms with van der Waals surface area (Å²) in [6.07, 6.45) is 4.23. The van der Waals surface area contributed by atoms with Gasteiger partial charge in [0.2, 0.25) is 0 Å². The van der Waals surface area contributed by atoms with Crippen LogP contribution in [0.1, 0.15) is 50.1 Å². The van der Waals surface area contributed by atoms with Gasteiger partial charge in [-0.2, -0.15) is 15.3 Å². The second-order valence-corrected chi connectivity index (χ2v) is 16.4. The summed E-state index contributed by atoms with van der Waals surface area (Å²) in [4.78, 5) is 40.6. The van der Waals surface area contributed by atoms with Crippen LogP contribution in [0.2, 0.25) is 0 Å². The monoisotopic (exact) mass is 1130 g/mol. The fourth-order valence-electron chi connectivity index (χ4n) is 8.66. The van der Waals surface area contributed by atoms with Gasteiger partial charge >= 0.3 is 20.1 Å². The van der Waals surface area contributed by atoms with E-state index >= 15 is 0 Å². The molecular weight excluding hydrogens is 1080 g/mol. The number of hydrogen-bond acceptors (Lipinski definition) is 15. The van der Waals surface area contributed by atoms with E-state index in [0.29, 0.717) is 16.7 Å². The first kappa shape index (κ1) is 51.4. The molecule has 0 aliphatic carbocycles. The molecule has 3 N–H and O–H groups in total. The Labute approximate surface area is 415 Å². The zero-order valence-electron chi connectivity index (χ0n) is 38.5. The van der Waals surface area contributed by atoms with E-state index in [2.05, 4.69) is 31.6 Å². The van der Waals surface area contributed by atoms with Gasteiger partial charge in [-0.05, 0) is 111 Å². The van der Waals surface area contributed by atoms with Crippen LogP contribution in [0.25, 0.3) is 0 Å². The number of aliphatic carboxylic acids is 3. The van der Waals surface area contributed by atoms with E-state index in [1.54, 1.807) is 0 Å². The van der Waals surface area contributed by atoms with Crippen LogP contribution in [0.5, 0.6) is 0 Å². The van der Waals surface area contributed by atoms with E-state index in [-0.39, 0.29) is 20.1 Å². The first-order valence-electron chi connectivity index (χ1n) is 21.3. The number of para-hydroxylation sites is 3. The molecule has 0 spiro atoms. The Balaban J connectivity index is 0.000000171. The smallest absolute Gasteiger partial charge is 0.545 e. The Morgan fingerprint density at radius 1 is 0.400 bits per heavy atom. The summed E-state index contributed by atoms with van der Waals surface area (Å²) in [6.45, 7) is 11.3. The Hall–Kier alpha value is -8.02. The number of hydrogen-bond donors (Lipinski definition) is 3. The molecule has 0 saturated carbocycles. The van der Waals surface area contributed by atoms with Crippen molar-refractivity contribution < 1.29 is 63.0 Å². The third kappa shape index (κ3) is 9.15. The third-order valence-corrected chi connectivity index (χ3v) is 12.0. The number of anilines is 3. The summed E-state index contributed by atoms with van der Waals surface area (Å²) in [6, 6.07) is 32.7. The quantitative estimate of drug-likeness (QED) is 0.187. The van der Waals surface area contributed by atoms with Crippen molar-refractivity contribution in [2.75, 3.05) is 14.7 Å². The molecule has 6 aromatic carbocycles. The normalized spacial score (nSPS) is 19.4. The summed E-state index contributed by atoms with van der Waals surface area (Å²) >= 11 is 0. The molecule has 3 aliphatic heterocycles. The Morgan fingerprint density at radius 2 is 0.600 bits per heavy atom. The minimum atomic E-state index is -1.72. The summed E-state index contributed by atoms with van der Waals surface area (Å²) in [5.74, 6) is -5.45. The molecule has 3 aliphatic rings. The molecule has 6 aromatic rings. The molecule has 0 saturated heterocycles. The molecule has 15 nitrogen and oxygen atoms in total. The predicted octanol–water partition coefficient (Wildman–Crippen LogP) is 4.19. The van der Waals surface area contributed by atoms with Crippen molar-refractivity contribution in [1.82, 2.24) is 16.3 Å². The minimum Gasteiger partial charge on any atom is -0.545 e. The van der Waals surface area contributed by atoms with Gasteiger partial charge in [0.05, 0.1) is 35.0 Å². The van der Waals surface area contributed by atoms with Crippen LogP contribution < -0.4 is 46.3 Å². The number of aryl methyl sites for hydroxylation is 6. The van der Waals surface area contributed by atoms with E-state index in [4.69, 9.17) is 0 Å².